The number of carbonyl (C=O) groups excluding carboxylic acids is 2. The molecule has 1 unspecified atom stereocenters. The van der Waals surface area contributed by atoms with E-state index >= 15 is 0 Å². The van der Waals surface area contributed by atoms with Crippen LogP contribution in [-0.2, 0) is 4.79 Å². The predicted octanol–water partition coefficient (Wildman–Crippen LogP) is 6.44. The SMILES string of the molecule is CC(C)(C)CC(=O)N1c2ccc(Cl)cc2C(=O)N(/N=C/c2ccc(F)cc2)C1c1ccccc1. The molecule has 0 N–H and O–H groups in total. The van der Waals surface area contributed by atoms with E-state index in [4.69, 9.17) is 11.6 Å². The van der Waals surface area contributed by atoms with Crippen LogP contribution in [-0.4, -0.2) is 23.0 Å². The lowest BCUT2D eigenvalue weighted by molar-refractivity contribution is -0.121. The summed E-state index contributed by atoms with van der Waals surface area (Å²) in [5.74, 6) is -0.889. The second kappa shape index (κ2) is 9.39. The quantitative estimate of drug-likeness (QED) is 0.406. The van der Waals surface area contributed by atoms with E-state index in [2.05, 4.69) is 5.10 Å². The molecular formula is C27H25ClFN3O2. The van der Waals surface area contributed by atoms with Crippen LogP contribution in [0.5, 0.6) is 0 Å². The minimum Gasteiger partial charge on any atom is -0.284 e. The van der Waals surface area contributed by atoms with E-state index in [1.54, 1.807) is 35.2 Å². The number of halogens is 2. The van der Waals surface area contributed by atoms with Gasteiger partial charge in [-0.05, 0) is 46.9 Å². The Hall–Kier alpha value is -3.51. The van der Waals surface area contributed by atoms with Crippen molar-refractivity contribution in [3.63, 3.8) is 0 Å². The molecule has 3 aromatic rings. The van der Waals surface area contributed by atoms with Gasteiger partial charge in [-0.2, -0.15) is 5.10 Å². The van der Waals surface area contributed by atoms with Crippen molar-refractivity contribution in [2.45, 2.75) is 33.4 Å². The van der Waals surface area contributed by atoms with Gasteiger partial charge in [0.15, 0.2) is 6.17 Å². The van der Waals surface area contributed by atoms with Crippen molar-refractivity contribution in [1.82, 2.24) is 5.01 Å². The zero-order chi connectivity index (χ0) is 24.5. The lowest BCUT2D eigenvalue weighted by Gasteiger charge is -2.42. The highest BCUT2D eigenvalue weighted by Gasteiger charge is 2.42. The minimum absolute atomic E-state index is 0.139. The molecule has 5 nitrogen and oxygen atoms in total. The summed E-state index contributed by atoms with van der Waals surface area (Å²) >= 11 is 6.22. The van der Waals surface area contributed by atoms with Crippen LogP contribution in [0.1, 0.15) is 54.8 Å². The van der Waals surface area contributed by atoms with Crippen molar-refractivity contribution >= 4 is 35.3 Å². The average molecular weight is 478 g/mol. The number of fused-ring (bicyclic) bond motifs is 1. The Morgan fingerprint density at radius 1 is 1.06 bits per heavy atom. The maximum absolute atomic E-state index is 13.7. The van der Waals surface area contributed by atoms with Gasteiger partial charge >= 0.3 is 0 Å². The zero-order valence-corrected chi connectivity index (χ0v) is 20.0. The summed E-state index contributed by atoms with van der Waals surface area (Å²) in [6.45, 7) is 5.97. The summed E-state index contributed by atoms with van der Waals surface area (Å²) < 4.78 is 13.3. The van der Waals surface area contributed by atoms with Crippen molar-refractivity contribution in [2.75, 3.05) is 4.90 Å². The highest BCUT2D eigenvalue weighted by Crippen LogP contribution is 2.41. The molecule has 1 atom stereocenters. The number of carbonyl (C=O) groups is 2. The summed E-state index contributed by atoms with van der Waals surface area (Å²) in [6, 6.07) is 20.0. The molecule has 2 amide bonds. The van der Waals surface area contributed by atoms with Crippen LogP contribution in [0.15, 0.2) is 77.9 Å². The summed E-state index contributed by atoms with van der Waals surface area (Å²) in [5, 5.41) is 6.15. The van der Waals surface area contributed by atoms with Crippen molar-refractivity contribution in [1.29, 1.82) is 0 Å². The monoisotopic (exact) mass is 477 g/mol. The summed E-state index contributed by atoms with van der Waals surface area (Å²) in [4.78, 5) is 28.9. The number of hydrogen-bond acceptors (Lipinski definition) is 3. The molecule has 0 fully saturated rings. The van der Waals surface area contributed by atoms with Crippen LogP contribution in [0.2, 0.25) is 5.02 Å². The second-order valence-corrected chi connectivity index (χ2v) is 9.83. The van der Waals surface area contributed by atoms with E-state index in [-0.39, 0.29) is 35.0 Å². The summed E-state index contributed by atoms with van der Waals surface area (Å²) in [5.41, 5.74) is 1.86. The highest BCUT2D eigenvalue weighted by atomic mass is 35.5. The van der Waals surface area contributed by atoms with Crippen LogP contribution >= 0.6 is 11.6 Å². The molecule has 0 saturated carbocycles. The third-order valence-corrected chi connectivity index (χ3v) is 5.62. The number of benzene rings is 3. The van der Waals surface area contributed by atoms with E-state index in [1.807, 2.05) is 51.1 Å². The third kappa shape index (κ3) is 5.02. The maximum Gasteiger partial charge on any atom is 0.278 e. The number of rotatable bonds is 4. The van der Waals surface area contributed by atoms with Gasteiger partial charge in [0.05, 0.1) is 17.5 Å². The van der Waals surface area contributed by atoms with Crippen molar-refractivity contribution < 1.29 is 14.0 Å². The normalized spacial score (nSPS) is 16.1. The summed E-state index contributed by atoms with van der Waals surface area (Å²) in [6.07, 6.45) is 0.950. The Balaban J connectivity index is 1.88. The van der Waals surface area contributed by atoms with E-state index < -0.39 is 6.17 Å². The van der Waals surface area contributed by atoms with Crippen molar-refractivity contribution in [3.8, 4) is 0 Å². The number of amides is 2. The molecule has 0 spiro atoms. The van der Waals surface area contributed by atoms with Crippen LogP contribution in [0.3, 0.4) is 0 Å². The van der Waals surface area contributed by atoms with Gasteiger partial charge < -0.3 is 0 Å². The first-order valence-electron chi connectivity index (χ1n) is 10.9. The van der Waals surface area contributed by atoms with E-state index in [0.717, 1.165) is 5.56 Å². The molecule has 0 radical (unpaired) electrons. The van der Waals surface area contributed by atoms with Gasteiger partial charge in [-0.1, -0.05) is 74.8 Å². The summed E-state index contributed by atoms with van der Waals surface area (Å²) in [7, 11) is 0. The Kier molecular flexibility index (Phi) is 6.53. The van der Waals surface area contributed by atoms with E-state index in [9.17, 15) is 14.0 Å². The second-order valence-electron chi connectivity index (χ2n) is 9.39. The molecule has 7 heteroatoms. The molecule has 0 aliphatic carbocycles. The lowest BCUT2D eigenvalue weighted by atomic mass is 9.90. The van der Waals surface area contributed by atoms with Gasteiger partial charge in [-0.15, -0.1) is 0 Å². The zero-order valence-electron chi connectivity index (χ0n) is 19.2. The maximum atomic E-state index is 13.7. The molecule has 1 aliphatic rings. The fraction of sp³-hybridized carbons (Fsp3) is 0.222. The Labute approximate surface area is 203 Å². The molecule has 1 aliphatic heterocycles. The first-order valence-corrected chi connectivity index (χ1v) is 11.3. The Morgan fingerprint density at radius 3 is 2.38 bits per heavy atom. The Morgan fingerprint density at radius 2 is 1.74 bits per heavy atom. The third-order valence-electron chi connectivity index (χ3n) is 5.38. The first kappa shape index (κ1) is 23.6. The predicted molar refractivity (Wildman–Crippen MR) is 132 cm³/mol. The molecular weight excluding hydrogens is 453 g/mol. The highest BCUT2D eigenvalue weighted by molar-refractivity contribution is 6.31. The van der Waals surface area contributed by atoms with E-state index in [0.29, 0.717) is 16.3 Å². The Bertz CT molecular complexity index is 1240. The van der Waals surface area contributed by atoms with Crippen LogP contribution in [0.25, 0.3) is 0 Å². The molecule has 174 valence electrons. The van der Waals surface area contributed by atoms with Crippen LogP contribution in [0, 0.1) is 11.2 Å². The largest absolute Gasteiger partial charge is 0.284 e. The van der Waals surface area contributed by atoms with Crippen molar-refractivity contribution in [3.05, 3.63) is 100 Å². The van der Waals surface area contributed by atoms with Gasteiger partial charge in [0, 0.05) is 11.4 Å². The molecule has 3 aromatic carbocycles. The fourth-order valence-corrected chi connectivity index (χ4v) is 4.06. The van der Waals surface area contributed by atoms with Crippen LogP contribution < -0.4 is 4.90 Å². The number of nitrogens with zero attached hydrogens (tertiary/aromatic N) is 3. The minimum atomic E-state index is -0.797. The van der Waals surface area contributed by atoms with Gasteiger partial charge in [0.25, 0.3) is 5.91 Å². The van der Waals surface area contributed by atoms with E-state index in [1.165, 1.54) is 23.4 Å². The average Bonchev–Trinajstić information content (AvgIpc) is 2.79. The van der Waals surface area contributed by atoms with Crippen LogP contribution in [0.4, 0.5) is 10.1 Å². The van der Waals surface area contributed by atoms with Gasteiger partial charge in [0.1, 0.15) is 5.82 Å². The van der Waals surface area contributed by atoms with Gasteiger partial charge in [-0.3, -0.25) is 14.5 Å². The number of anilines is 1. The first-order chi connectivity index (χ1) is 16.1. The molecule has 0 bridgehead atoms. The number of hydrazone groups is 1. The molecule has 4 rings (SSSR count). The molecule has 0 saturated heterocycles. The van der Waals surface area contributed by atoms with Gasteiger partial charge in [-0.25, -0.2) is 9.40 Å². The molecule has 0 aromatic heterocycles. The standard InChI is InChI=1S/C27H25ClFN3O2/c1-27(2,3)16-24(33)31-23-14-11-20(28)15-22(23)26(34)32(25(31)19-7-5-4-6-8-19)30-17-18-9-12-21(29)13-10-18/h4-15,17,25H,16H2,1-3H3/b30-17+. The fourth-order valence-electron chi connectivity index (χ4n) is 3.88. The van der Waals surface area contributed by atoms with Crippen molar-refractivity contribution in [2.24, 2.45) is 10.5 Å². The van der Waals surface area contributed by atoms with Gasteiger partial charge in [0.2, 0.25) is 5.91 Å². The molecule has 34 heavy (non-hydrogen) atoms. The topological polar surface area (TPSA) is 53.0 Å². The lowest BCUT2D eigenvalue weighted by Crippen LogP contribution is -2.50. The number of hydrogen-bond donors (Lipinski definition) is 0. The smallest absolute Gasteiger partial charge is 0.278 e. The molecule has 1 heterocycles.